The van der Waals surface area contributed by atoms with Crippen LogP contribution in [0, 0.1) is 5.92 Å². The third-order valence-electron chi connectivity index (χ3n) is 2.76. The minimum Gasteiger partial charge on any atom is -0.330 e. The summed E-state index contributed by atoms with van der Waals surface area (Å²) in [5, 5.41) is 0. The van der Waals surface area contributed by atoms with Crippen molar-refractivity contribution in [3.8, 4) is 0 Å². The summed E-state index contributed by atoms with van der Waals surface area (Å²) in [6, 6.07) is 0. The molecule has 0 amide bonds. The minimum absolute atomic E-state index is 0.206. The Balaban J connectivity index is 3.69. The largest absolute Gasteiger partial charge is 0.330 e. The van der Waals surface area contributed by atoms with Crippen LogP contribution in [0.1, 0.15) is 52.4 Å². The van der Waals surface area contributed by atoms with Crippen LogP contribution in [-0.4, -0.2) is 12.3 Å². The number of nitrogens with two attached hydrogens (primary N) is 1. The third-order valence-corrected chi connectivity index (χ3v) is 2.76. The Morgan fingerprint density at radius 1 is 1.33 bits per heavy atom. The van der Waals surface area contributed by atoms with Gasteiger partial charge in [-0.1, -0.05) is 26.3 Å². The van der Waals surface area contributed by atoms with E-state index < -0.39 is 0 Å². The molecule has 0 rings (SSSR count). The summed E-state index contributed by atoms with van der Waals surface area (Å²) in [5.74, 6) is 0.913. The van der Waals surface area contributed by atoms with Gasteiger partial charge in [-0.2, -0.15) is 0 Å². The summed E-state index contributed by atoms with van der Waals surface area (Å²) in [7, 11) is 0. The van der Waals surface area contributed by atoms with Crippen LogP contribution >= 0.6 is 0 Å². The number of carbonyl (C=O) groups is 1. The van der Waals surface area contributed by atoms with E-state index in [9.17, 15) is 4.79 Å². The summed E-state index contributed by atoms with van der Waals surface area (Å²) < 4.78 is 0. The van der Waals surface area contributed by atoms with Crippen molar-refractivity contribution >= 4 is 5.78 Å². The smallest absolute Gasteiger partial charge is 0.157 e. The zero-order valence-corrected chi connectivity index (χ0v) is 10.2. The van der Waals surface area contributed by atoms with Crippen LogP contribution in [0.15, 0.2) is 12.2 Å². The molecule has 0 fully saturated rings. The maximum absolute atomic E-state index is 11.3. The molecule has 88 valence electrons. The average molecular weight is 211 g/mol. The monoisotopic (exact) mass is 211 g/mol. The second-order valence-electron chi connectivity index (χ2n) is 4.33. The lowest BCUT2D eigenvalue weighted by Gasteiger charge is -2.14. The van der Waals surface area contributed by atoms with Gasteiger partial charge in [0.25, 0.3) is 0 Å². The van der Waals surface area contributed by atoms with Crippen LogP contribution in [0.5, 0.6) is 0 Å². The molecular weight excluding hydrogens is 186 g/mol. The van der Waals surface area contributed by atoms with E-state index in [1.807, 2.05) is 0 Å². The molecule has 0 aromatic rings. The van der Waals surface area contributed by atoms with Crippen molar-refractivity contribution in [1.29, 1.82) is 0 Å². The normalized spacial score (nSPS) is 12.5. The molecule has 0 radical (unpaired) electrons. The van der Waals surface area contributed by atoms with Gasteiger partial charge in [-0.15, -0.1) is 0 Å². The first-order valence-electron chi connectivity index (χ1n) is 6.00. The van der Waals surface area contributed by atoms with Crippen molar-refractivity contribution < 1.29 is 4.79 Å². The van der Waals surface area contributed by atoms with Crippen molar-refractivity contribution in [2.75, 3.05) is 6.54 Å². The maximum Gasteiger partial charge on any atom is 0.157 e. The van der Waals surface area contributed by atoms with Crippen molar-refractivity contribution in [2.24, 2.45) is 11.7 Å². The maximum atomic E-state index is 11.3. The molecule has 1 unspecified atom stereocenters. The molecule has 0 bridgehead atoms. The first-order chi connectivity index (χ1) is 7.11. The predicted octanol–water partition coefficient (Wildman–Crippen LogP) is 3.07. The summed E-state index contributed by atoms with van der Waals surface area (Å²) in [4.78, 5) is 11.3. The number of hydrogen-bond acceptors (Lipinski definition) is 2. The lowest BCUT2D eigenvalue weighted by Crippen LogP contribution is -2.09. The second kappa shape index (κ2) is 8.66. The fourth-order valence-corrected chi connectivity index (χ4v) is 1.84. The predicted molar refractivity (Wildman–Crippen MR) is 65.7 cm³/mol. The lowest BCUT2D eigenvalue weighted by atomic mass is 9.93. The van der Waals surface area contributed by atoms with Gasteiger partial charge in [-0.25, -0.2) is 0 Å². The Bertz CT molecular complexity index is 193. The van der Waals surface area contributed by atoms with E-state index in [4.69, 9.17) is 5.73 Å². The van der Waals surface area contributed by atoms with Crippen molar-refractivity contribution in [2.45, 2.75) is 52.4 Å². The molecule has 0 aromatic carbocycles. The van der Waals surface area contributed by atoms with Gasteiger partial charge in [0, 0.05) is 6.42 Å². The zero-order chi connectivity index (χ0) is 11.7. The van der Waals surface area contributed by atoms with Gasteiger partial charge in [0.05, 0.1) is 0 Å². The van der Waals surface area contributed by atoms with Crippen LogP contribution < -0.4 is 5.73 Å². The highest BCUT2D eigenvalue weighted by atomic mass is 16.1. The number of ketones is 1. The minimum atomic E-state index is 0.206. The number of allylic oxidation sites excluding steroid dienone is 1. The fourth-order valence-electron chi connectivity index (χ4n) is 1.84. The van der Waals surface area contributed by atoms with Crippen LogP contribution in [0.3, 0.4) is 0 Å². The quantitative estimate of drug-likeness (QED) is 0.596. The van der Waals surface area contributed by atoms with E-state index in [0.29, 0.717) is 17.9 Å². The molecular formula is C13H25NO. The standard InChI is InChI=1S/C13H25NO/c1-4-6-12(9-10-14)7-5-8-13(15)11(2)3/h12H,2,4-10,14H2,1,3H3. The van der Waals surface area contributed by atoms with Crippen LogP contribution in [-0.2, 0) is 4.79 Å². The summed E-state index contributed by atoms with van der Waals surface area (Å²) in [6.45, 7) is 8.40. The molecule has 0 aliphatic carbocycles. The van der Waals surface area contributed by atoms with Gasteiger partial charge >= 0.3 is 0 Å². The number of Topliss-reactive ketones (excluding diaryl/α,β-unsaturated/α-hetero) is 1. The van der Waals surface area contributed by atoms with Crippen LogP contribution in [0.4, 0.5) is 0 Å². The van der Waals surface area contributed by atoms with Gasteiger partial charge < -0.3 is 5.73 Å². The van der Waals surface area contributed by atoms with E-state index in [1.165, 1.54) is 12.8 Å². The molecule has 0 saturated carbocycles. The number of hydrogen-bond donors (Lipinski definition) is 1. The van der Waals surface area contributed by atoms with Crippen molar-refractivity contribution in [1.82, 2.24) is 0 Å². The topological polar surface area (TPSA) is 43.1 Å². The van der Waals surface area contributed by atoms with E-state index in [0.717, 1.165) is 25.8 Å². The summed E-state index contributed by atoms with van der Waals surface area (Å²) in [6.07, 6.45) is 6.30. The van der Waals surface area contributed by atoms with Gasteiger partial charge in [-0.3, -0.25) is 4.79 Å². The molecule has 2 N–H and O–H groups in total. The molecule has 0 aliphatic heterocycles. The fraction of sp³-hybridized carbons (Fsp3) is 0.769. The molecule has 15 heavy (non-hydrogen) atoms. The Hall–Kier alpha value is -0.630. The molecule has 0 saturated heterocycles. The van der Waals surface area contributed by atoms with Gasteiger partial charge in [0.2, 0.25) is 0 Å². The number of carbonyl (C=O) groups excluding carboxylic acids is 1. The first kappa shape index (κ1) is 14.4. The Morgan fingerprint density at radius 2 is 2.00 bits per heavy atom. The van der Waals surface area contributed by atoms with Crippen LogP contribution in [0.25, 0.3) is 0 Å². The van der Waals surface area contributed by atoms with E-state index in [2.05, 4.69) is 13.5 Å². The Morgan fingerprint density at radius 3 is 2.47 bits per heavy atom. The molecule has 1 atom stereocenters. The third kappa shape index (κ3) is 7.32. The average Bonchev–Trinajstić information content (AvgIpc) is 2.18. The van der Waals surface area contributed by atoms with E-state index in [1.54, 1.807) is 6.92 Å². The molecule has 0 aliphatic rings. The van der Waals surface area contributed by atoms with Gasteiger partial charge in [-0.05, 0) is 44.2 Å². The summed E-state index contributed by atoms with van der Waals surface area (Å²) in [5.41, 5.74) is 6.24. The SMILES string of the molecule is C=C(C)C(=O)CCCC(CCC)CCN. The van der Waals surface area contributed by atoms with Crippen molar-refractivity contribution in [3.63, 3.8) is 0 Å². The van der Waals surface area contributed by atoms with E-state index >= 15 is 0 Å². The molecule has 2 nitrogen and oxygen atoms in total. The highest BCUT2D eigenvalue weighted by Crippen LogP contribution is 2.18. The highest BCUT2D eigenvalue weighted by molar-refractivity contribution is 5.93. The first-order valence-corrected chi connectivity index (χ1v) is 6.00. The molecule has 2 heteroatoms. The van der Waals surface area contributed by atoms with Crippen molar-refractivity contribution in [3.05, 3.63) is 12.2 Å². The lowest BCUT2D eigenvalue weighted by molar-refractivity contribution is -0.115. The van der Waals surface area contributed by atoms with Gasteiger partial charge in [0.1, 0.15) is 0 Å². The van der Waals surface area contributed by atoms with Gasteiger partial charge in [0.15, 0.2) is 5.78 Å². The van der Waals surface area contributed by atoms with Crippen LogP contribution in [0.2, 0.25) is 0 Å². The Kier molecular flexibility index (Phi) is 8.30. The molecule has 0 heterocycles. The molecule has 0 spiro atoms. The zero-order valence-electron chi connectivity index (χ0n) is 10.2. The second-order valence-corrected chi connectivity index (χ2v) is 4.33. The highest BCUT2D eigenvalue weighted by Gasteiger charge is 2.08. The Labute approximate surface area is 93.9 Å². The van der Waals surface area contributed by atoms with E-state index in [-0.39, 0.29) is 5.78 Å². The summed E-state index contributed by atoms with van der Waals surface area (Å²) >= 11 is 0. The molecule has 0 aromatic heterocycles. The number of rotatable bonds is 9.